The third-order valence-corrected chi connectivity index (χ3v) is 4.99. The molecule has 2 aromatic rings. The lowest BCUT2D eigenvalue weighted by Gasteiger charge is -2.36. The number of carbonyl (C=O) groups is 2. The summed E-state index contributed by atoms with van der Waals surface area (Å²) in [5.74, 6) is -0.550. The van der Waals surface area contributed by atoms with Crippen LogP contribution in [0.4, 0.5) is 13.2 Å². The average molecular weight is 431 g/mol. The van der Waals surface area contributed by atoms with E-state index in [0.717, 1.165) is 12.1 Å². The Morgan fingerprint density at radius 3 is 2.16 bits per heavy atom. The Morgan fingerprint density at radius 2 is 1.58 bits per heavy atom. The van der Waals surface area contributed by atoms with Crippen molar-refractivity contribution in [2.75, 3.05) is 26.2 Å². The fraction of sp³-hybridized carbons (Fsp3) is 0.318. The molecule has 2 aromatic carbocycles. The highest BCUT2D eigenvalue weighted by Gasteiger charge is 2.36. The third kappa shape index (κ3) is 5.15. The predicted molar refractivity (Wildman–Crippen MR) is 105 cm³/mol. The minimum atomic E-state index is -4.62. The predicted octanol–water partition coefficient (Wildman–Crippen LogP) is 3.33. The molecule has 162 valence electrons. The van der Waals surface area contributed by atoms with E-state index >= 15 is 0 Å². The minimum absolute atomic E-state index is 0.125. The Hall–Kier alpha value is -3.54. The maximum absolute atomic E-state index is 13.2. The topological polar surface area (TPSA) is 73.6 Å². The number of nitrogens with zero attached hydrogens (tertiary/aromatic N) is 3. The largest absolute Gasteiger partial charge is 0.481 e. The van der Waals surface area contributed by atoms with Gasteiger partial charge in [-0.25, -0.2) is 0 Å². The summed E-state index contributed by atoms with van der Waals surface area (Å²) in [6, 6.07) is 13.0. The summed E-state index contributed by atoms with van der Waals surface area (Å²) in [7, 11) is 0. The van der Waals surface area contributed by atoms with E-state index in [4.69, 9.17) is 10.00 Å². The number of alkyl halides is 3. The van der Waals surface area contributed by atoms with Gasteiger partial charge in [-0.2, -0.15) is 18.4 Å². The second kappa shape index (κ2) is 9.08. The van der Waals surface area contributed by atoms with Crippen molar-refractivity contribution < 1.29 is 27.5 Å². The molecule has 9 heteroatoms. The van der Waals surface area contributed by atoms with E-state index in [2.05, 4.69) is 0 Å². The van der Waals surface area contributed by atoms with Gasteiger partial charge in [-0.3, -0.25) is 9.59 Å². The van der Waals surface area contributed by atoms with Crippen LogP contribution in [-0.4, -0.2) is 53.9 Å². The van der Waals surface area contributed by atoms with Gasteiger partial charge < -0.3 is 14.5 Å². The molecule has 0 saturated carbocycles. The molecule has 31 heavy (non-hydrogen) atoms. The van der Waals surface area contributed by atoms with Gasteiger partial charge in [-0.1, -0.05) is 12.1 Å². The maximum atomic E-state index is 13.2. The molecule has 1 aliphatic heterocycles. The van der Waals surface area contributed by atoms with E-state index < -0.39 is 29.3 Å². The van der Waals surface area contributed by atoms with Gasteiger partial charge in [-0.05, 0) is 43.3 Å². The van der Waals surface area contributed by atoms with Gasteiger partial charge in [-0.15, -0.1) is 0 Å². The van der Waals surface area contributed by atoms with Gasteiger partial charge in [0.05, 0.1) is 22.8 Å². The van der Waals surface area contributed by atoms with Crippen molar-refractivity contribution in [3.63, 3.8) is 0 Å². The summed E-state index contributed by atoms with van der Waals surface area (Å²) in [6.07, 6.45) is -5.41. The fourth-order valence-electron chi connectivity index (χ4n) is 3.34. The fourth-order valence-corrected chi connectivity index (χ4v) is 3.34. The van der Waals surface area contributed by atoms with Crippen LogP contribution in [0.5, 0.6) is 5.75 Å². The molecule has 0 bridgehead atoms. The third-order valence-electron chi connectivity index (χ3n) is 4.99. The van der Waals surface area contributed by atoms with E-state index in [1.165, 1.54) is 21.9 Å². The molecule has 1 heterocycles. The molecule has 1 unspecified atom stereocenters. The summed E-state index contributed by atoms with van der Waals surface area (Å²) >= 11 is 0. The highest BCUT2D eigenvalue weighted by molar-refractivity contribution is 5.96. The molecule has 0 aromatic heterocycles. The normalized spacial score (nSPS) is 15.2. The Bertz CT molecular complexity index is 992. The van der Waals surface area contributed by atoms with Crippen LogP contribution in [0.25, 0.3) is 0 Å². The number of hydrogen-bond donors (Lipinski definition) is 0. The van der Waals surface area contributed by atoms with E-state index in [0.29, 0.717) is 11.3 Å². The highest BCUT2D eigenvalue weighted by Crippen LogP contribution is 2.32. The van der Waals surface area contributed by atoms with Crippen LogP contribution in [0.2, 0.25) is 0 Å². The lowest BCUT2D eigenvalue weighted by atomic mass is 10.1. The van der Waals surface area contributed by atoms with Gasteiger partial charge in [0.25, 0.3) is 11.8 Å². The van der Waals surface area contributed by atoms with Gasteiger partial charge in [0, 0.05) is 26.2 Å². The van der Waals surface area contributed by atoms with Crippen LogP contribution >= 0.6 is 0 Å². The van der Waals surface area contributed by atoms with Crippen molar-refractivity contribution in [3.8, 4) is 11.8 Å². The van der Waals surface area contributed by atoms with E-state index in [-0.39, 0.29) is 32.1 Å². The average Bonchev–Trinajstić information content (AvgIpc) is 2.78. The number of piperazine rings is 1. The number of nitriles is 1. The van der Waals surface area contributed by atoms with E-state index in [9.17, 15) is 22.8 Å². The number of amides is 2. The van der Waals surface area contributed by atoms with Crippen molar-refractivity contribution in [2.24, 2.45) is 0 Å². The summed E-state index contributed by atoms with van der Waals surface area (Å²) in [6.45, 7) is 2.23. The Morgan fingerprint density at radius 1 is 1.00 bits per heavy atom. The molecule has 0 spiro atoms. The molecule has 1 atom stereocenters. The molecule has 1 saturated heterocycles. The zero-order valence-electron chi connectivity index (χ0n) is 16.7. The van der Waals surface area contributed by atoms with Crippen molar-refractivity contribution in [1.82, 2.24) is 9.80 Å². The summed E-state index contributed by atoms with van der Waals surface area (Å²) < 4.78 is 45.2. The molecule has 0 radical (unpaired) electrons. The second-order valence-electron chi connectivity index (χ2n) is 7.06. The van der Waals surface area contributed by atoms with Crippen LogP contribution < -0.4 is 4.74 Å². The van der Waals surface area contributed by atoms with E-state index in [1.807, 2.05) is 6.07 Å². The maximum Gasteiger partial charge on any atom is 0.417 e. The number of ether oxygens (including phenoxy) is 1. The molecule has 6 nitrogen and oxygen atoms in total. The number of hydrogen-bond acceptors (Lipinski definition) is 4. The summed E-state index contributed by atoms with van der Waals surface area (Å²) in [5.41, 5.74) is -0.894. The molecule has 3 rings (SSSR count). The molecule has 2 amide bonds. The molecular formula is C22H20F3N3O3. The summed E-state index contributed by atoms with van der Waals surface area (Å²) in [5, 5.41) is 8.82. The van der Waals surface area contributed by atoms with Crippen molar-refractivity contribution in [1.29, 1.82) is 5.26 Å². The minimum Gasteiger partial charge on any atom is -0.481 e. The first-order chi connectivity index (χ1) is 14.7. The smallest absolute Gasteiger partial charge is 0.417 e. The molecule has 1 aliphatic rings. The highest BCUT2D eigenvalue weighted by atomic mass is 19.4. The number of benzene rings is 2. The van der Waals surface area contributed by atoms with Gasteiger partial charge in [0.2, 0.25) is 0 Å². The van der Waals surface area contributed by atoms with Crippen LogP contribution in [0, 0.1) is 11.3 Å². The zero-order valence-corrected chi connectivity index (χ0v) is 16.7. The van der Waals surface area contributed by atoms with E-state index in [1.54, 1.807) is 31.2 Å². The first-order valence-electron chi connectivity index (χ1n) is 9.62. The number of carbonyl (C=O) groups excluding carboxylic acids is 2. The van der Waals surface area contributed by atoms with Gasteiger partial charge >= 0.3 is 6.18 Å². The Balaban J connectivity index is 1.59. The molecule has 0 N–H and O–H groups in total. The second-order valence-corrected chi connectivity index (χ2v) is 7.06. The van der Waals surface area contributed by atoms with Crippen LogP contribution in [0.3, 0.4) is 0 Å². The van der Waals surface area contributed by atoms with Gasteiger partial charge in [0.1, 0.15) is 5.75 Å². The molecule has 1 fully saturated rings. The van der Waals surface area contributed by atoms with Crippen LogP contribution in [0.15, 0.2) is 48.5 Å². The first kappa shape index (κ1) is 22.2. The van der Waals surface area contributed by atoms with Crippen molar-refractivity contribution in [2.45, 2.75) is 19.2 Å². The lowest BCUT2D eigenvalue weighted by molar-refractivity contribution is -0.139. The standard InChI is InChI=1S/C22H20F3N3O3/c1-15(31-17-8-6-16(14-26)7-9-17)20(29)27-10-12-28(13-11-27)21(30)18-4-2-3-5-19(18)22(23,24)25/h2-9,15H,10-13H2,1H3. The Kier molecular flexibility index (Phi) is 6.49. The SMILES string of the molecule is CC(Oc1ccc(C#N)cc1)C(=O)N1CCN(C(=O)c2ccccc2C(F)(F)F)CC1. The lowest BCUT2D eigenvalue weighted by Crippen LogP contribution is -2.53. The zero-order chi connectivity index (χ0) is 22.6. The Labute approximate surface area is 177 Å². The first-order valence-corrected chi connectivity index (χ1v) is 9.62. The van der Waals surface area contributed by atoms with Crippen LogP contribution in [-0.2, 0) is 11.0 Å². The van der Waals surface area contributed by atoms with Gasteiger partial charge in [0.15, 0.2) is 6.10 Å². The monoisotopic (exact) mass is 431 g/mol. The quantitative estimate of drug-likeness (QED) is 0.745. The summed E-state index contributed by atoms with van der Waals surface area (Å²) in [4.78, 5) is 28.1. The molecular weight excluding hydrogens is 411 g/mol. The number of halogens is 3. The molecule has 0 aliphatic carbocycles. The van der Waals surface area contributed by atoms with Crippen LogP contribution in [0.1, 0.15) is 28.4 Å². The van der Waals surface area contributed by atoms with Crippen molar-refractivity contribution >= 4 is 11.8 Å². The van der Waals surface area contributed by atoms with Crippen molar-refractivity contribution in [3.05, 3.63) is 65.2 Å². The number of rotatable bonds is 4.